The van der Waals surface area contributed by atoms with E-state index < -0.39 is 0 Å². The smallest absolute Gasteiger partial charge is 0.237 e. The predicted molar refractivity (Wildman–Crippen MR) is 74.4 cm³/mol. The van der Waals surface area contributed by atoms with Gasteiger partial charge in [0, 0.05) is 32.0 Å². The lowest BCUT2D eigenvalue weighted by Gasteiger charge is -2.39. The van der Waals surface area contributed by atoms with Crippen LogP contribution in [-0.4, -0.2) is 42.0 Å². The highest BCUT2D eigenvalue weighted by Gasteiger charge is 2.33. The molecule has 1 aromatic heterocycles. The number of carbonyl (C=O) groups excluding carboxylic acids is 1. The van der Waals surface area contributed by atoms with E-state index in [2.05, 4.69) is 15.2 Å². The zero-order valence-electron chi connectivity index (χ0n) is 11.4. The Hall–Kier alpha value is -1.46. The van der Waals surface area contributed by atoms with Crippen molar-refractivity contribution in [2.45, 2.75) is 31.3 Å². The molecule has 1 amide bonds. The largest absolute Gasteiger partial charge is 0.358 e. The van der Waals surface area contributed by atoms with Crippen LogP contribution in [0.1, 0.15) is 30.9 Å². The summed E-state index contributed by atoms with van der Waals surface area (Å²) in [7, 11) is 1.69. The van der Waals surface area contributed by atoms with Crippen LogP contribution in [0.15, 0.2) is 24.5 Å². The first-order chi connectivity index (χ1) is 9.27. The summed E-state index contributed by atoms with van der Waals surface area (Å²) in [5, 5.41) is 2.76. The van der Waals surface area contributed by atoms with Crippen molar-refractivity contribution in [3.63, 3.8) is 0 Å². The molecule has 2 rings (SSSR count). The number of nitrogens with one attached hydrogen (secondary N) is 1. The average Bonchev–Trinajstić information content (AvgIpc) is 2.49. The van der Waals surface area contributed by atoms with Gasteiger partial charge >= 0.3 is 0 Å². The Morgan fingerprint density at radius 3 is 3.11 bits per heavy atom. The van der Waals surface area contributed by atoms with Crippen molar-refractivity contribution in [2.75, 3.05) is 20.1 Å². The highest BCUT2D eigenvalue weighted by molar-refractivity contribution is 5.81. The van der Waals surface area contributed by atoms with Crippen LogP contribution < -0.4 is 11.1 Å². The highest BCUT2D eigenvalue weighted by atomic mass is 16.2. The molecule has 19 heavy (non-hydrogen) atoms. The first-order valence-corrected chi connectivity index (χ1v) is 6.85. The second-order valence-electron chi connectivity index (χ2n) is 4.90. The first-order valence-electron chi connectivity index (χ1n) is 6.85. The van der Waals surface area contributed by atoms with Crippen molar-refractivity contribution in [1.29, 1.82) is 0 Å². The van der Waals surface area contributed by atoms with Gasteiger partial charge in [0.2, 0.25) is 5.91 Å². The van der Waals surface area contributed by atoms with Crippen LogP contribution in [0, 0.1) is 0 Å². The molecule has 104 valence electrons. The molecular weight excluding hydrogens is 240 g/mol. The quantitative estimate of drug-likeness (QED) is 0.837. The molecule has 1 aliphatic rings. The third kappa shape index (κ3) is 3.11. The number of likely N-dealkylation sites (tertiary alicyclic amines) is 1. The van der Waals surface area contributed by atoms with Gasteiger partial charge < -0.3 is 11.1 Å². The molecule has 5 nitrogen and oxygen atoms in total. The number of aromatic nitrogens is 1. The van der Waals surface area contributed by atoms with E-state index in [-0.39, 0.29) is 18.0 Å². The van der Waals surface area contributed by atoms with Crippen molar-refractivity contribution < 1.29 is 4.79 Å². The summed E-state index contributed by atoms with van der Waals surface area (Å²) in [5.74, 6) is 0.0852. The molecule has 0 bridgehead atoms. The Bertz CT molecular complexity index is 409. The van der Waals surface area contributed by atoms with Crippen molar-refractivity contribution in [2.24, 2.45) is 5.73 Å². The predicted octanol–water partition coefficient (Wildman–Crippen LogP) is 0.682. The van der Waals surface area contributed by atoms with Crippen molar-refractivity contribution >= 4 is 5.91 Å². The number of nitrogens with two attached hydrogens (primary N) is 1. The Kier molecular flexibility index (Phi) is 4.87. The summed E-state index contributed by atoms with van der Waals surface area (Å²) in [6.45, 7) is 1.41. The van der Waals surface area contributed by atoms with E-state index in [1.165, 1.54) is 0 Å². The number of likely N-dealkylation sites (N-methyl/N-ethyl adjacent to an activating group) is 1. The molecule has 2 heterocycles. The molecule has 2 unspecified atom stereocenters. The Balaban J connectivity index is 2.22. The van der Waals surface area contributed by atoms with Crippen LogP contribution in [-0.2, 0) is 4.79 Å². The van der Waals surface area contributed by atoms with E-state index in [0.717, 1.165) is 31.4 Å². The molecule has 0 radical (unpaired) electrons. The second kappa shape index (κ2) is 6.63. The molecular formula is C14H22N4O. The fraction of sp³-hybridized carbons (Fsp3) is 0.571. The van der Waals surface area contributed by atoms with Gasteiger partial charge in [-0.3, -0.25) is 14.7 Å². The number of pyridine rings is 1. The maximum absolute atomic E-state index is 12.0. The zero-order chi connectivity index (χ0) is 13.7. The van der Waals surface area contributed by atoms with Crippen molar-refractivity contribution in [3.05, 3.63) is 30.1 Å². The van der Waals surface area contributed by atoms with Gasteiger partial charge in [-0.25, -0.2) is 0 Å². The van der Waals surface area contributed by atoms with E-state index in [4.69, 9.17) is 5.73 Å². The monoisotopic (exact) mass is 262 g/mol. The molecule has 1 aromatic rings. The summed E-state index contributed by atoms with van der Waals surface area (Å²) in [4.78, 5) is 18.4. The van der Waals surface area contributed by atoms with Crippen LogP contribution in [0.3, 0.4) is 0 Å². The van der Waals surface area contributed by atoms with Gasteiger partial charge in [-0.1, -0.05) is 12.5 Å². The van der Waals surface area contributed by atoms with Crippen molar-refractivity contribution in [3.8, 4) is 0 Å². The molecule has 0 saturated carbocycles. The van der Waals surface area contributed by atoms with Crippen LogP contribution in [0.4, 0.5) is 0 Å². The minimum Gasteiger partial charge on any atom is -0.358 e. The number of carbonyl (C=O) groups is 1. The highest BCUT2D eigenvalue weighted by Crippen LogP contribution is 2.27. The standard InChI is InChI=1S/C14H22N4O/c1-16-14(19)12-6-2-3-8-18(12)13(9-15)11-5-4-7-17-10-11/h4-5,7,10,12-13H,2-3,6,8-9,15H2,1H3,(H,16,19). The first kappa shape index (κ1) is 14.0. The van der Waals surface area contributed by atoms with Gasteiger partial charge in [0.25, 0.3) is 0 Å². The number of hydrogen-bond donors (Lipinski definition) is 2. The topological polar surface area (TPSA) is 71.2 Å². The third-order valence-corrected chi connectivity index (χ3v) is 3.79. The number of nitrogens with zero attached hydrogens (tertiary/aromatic N) is 2. The molecule has 0 aromatic carbocycles. The summed E-state index contributed by atoms with van der Waals surface area (Å²) in [6.07, 6.45) is 6.70. The molecule has 0 spiro atoms. The van der Waals surface area contributed by atoms with Crippen LogP contribution in [0.5, 0.6) is 0 Å². The number of piperidine rings is 1. The maximum Gasteiger partial charge on any atom is 0.237 e. The number of amides is 1. The lowest BCUT2D eigenvalue weighted by Crippen LogP contribution is -2.51. The lowest BCUT2D eigenvalue weighted by molar-refractivity contribution is -0.128. The van der Waals surface area contributed by atoms with E-state index in [9.17, 15) is 4.79 Å². The molecule has 1 fully saturated rings. The Morgan fingerprint density at radius 2 is 2.47 bits per heavy atom. The number of hydrogen-bond acceptors (Lipinski definition) is 4. The van der Waals surface area contributed by atoms with Gasteiger partial charge in [0.1, 0.15) is 0 Å². The van der Waals surface area contributed by atoms with Gasteiger partial charge in [-0.15, -0.1) is 0 Å². The lowest BCUT2D eigenvalue weighted by atomic mass is 9.96. The zero-order valence-corrected chi connectivity index (χ0v) is 11.4. The number of rotatable bonds is 4. The average molecular weight is 262 g/mol. The summed E-state index contributed by atoms with van der Waals surface area (Å²) in [5.41, 5.74) is 7.02. The molecule has 5 heteroatoms. The fourth-order valence-electron chi connectivity index (χ4n) is 2.81. The molecule has 0 aliphatic carbocycles. The Labute approximate surface area is 114 Å². The molecule has 3 N–H and O–H groups in total. The van der Waals surface area contributed by atoms with E-state index in [1.807, 2.05) is 18.3 Å². The molecule has 1 aliphatic heterocycles. The molecule has 2 atom stereocenters. The van der Waals surface area contributed by atoms with E-state index in [0.29, 0.717) is 6.54 Å². The van der Waals surface area contributed by atoms with Crippen LogP contribution in [0.2, 0.25) is 0 Å². The van der Waals surface area contributed by atoms with Gasteiger partial charge in [-0.2, -0.15) is 0 Å². The summed E-state index contributed by atoms with van der Waals surface area (Å²) < 4.78 is 0. The van der Waals surface area contributed by atoms with Crippen LogP contribution in [0.25, 0.3) is 0 Å². The SMILES string of the molecule is CNC(=O)C1CCCCN1C(CN)c1cccnc1. The summed E-state index contributed by atoms with van der Waals surface area (Å²) >= 11 is 0. The van der Waals surface area contributed by atoms with Gasteiger partial charge in [0.15, 0.2) is 0 Å². The Morgan fingerprint density at radius 1 is 1.63 bits per heavy atom. The minimum atomic E-state index is -0.0764. The summed E-state index contributed by atoms with van der Waals surface area (Å²) in [6, 6.07) is 3.93. The van der Waals surface area contributed by atoms with Crippen molar-refractivity contribution in [1.82, 2.24) is 15.2 Å². The third-order valence-electron chi connectivity index (χ3n) is 3.79. The van der Waals surface area contributed by atoms with E-state index >= 15 is 0 Å². The second-order valence-corrected chi connectivity index (χ2v) is 4.90. The minimum absolute atomic E-state index is 0.0660. The van der Waals surface area contributed by atoms with Gasteiger partial charge in [0.05, 0.1) is 6.04 Å². The van der Waals surface area contributed by atoms with E-state index in [1.54, 1.807) is 13.2 Å². The maximum atomic E-state index is 12.0. The molecule has 1 saturated heterocycles. The fourth-order valence-corrected chi connectivity index (χ4v) is 2.81. The van der Waals surface area contributed by atoms with Gasteiger partial charge in [-0.05, 0) is 31.0 Å². The van der Waals surface area contributed by atoms with Crippen LogP contribution >= 0.6 is 0 Å². The normalized spacial score (nSPS) is 21.9.